The zero-order valence-corrected chi connectivity index (χ0v) is 15.7. The van der Waals surface area contributed by atoms with Crippen LogP contribution in [0.3, 0.4) is 0 Å². The molecule has 0 saturated carbocycles. The van der Waals surface area contributed by atoms with Crippen molar-refractivity contribution in [3.63, 3.8) is 0 Å². The van der Waals surface area contributed by atoms with Gasteiger partial charge in [-0.25, -0.2) is 15.0 Å². The SMILES string of the molecule is Cc1[nH]ncc1CN1CCC[C@H](Cc2cc(Nc3nccs3)ncn2)C1. The highest BCUT2D eigenvalue weighted by Gasteiger charge is 2.21. The molecule has 1 aliphatic heterocycles. The van der Waals surface area contributed by atoms with Gasteiger partial charge in [0.25, 0.3) is 0 Å². The number of piperidine rings is 1. The maximum absolute atomic E-state index is 4.48. The van der Waals surface area contributed by atoms with Gasteiger partial charge < -0.3 is 5.32 Å². The number of rotatable bonds is 6. The summed E-state index contributed by atoms with van der Waals surface area (Å²) in [6.07, 6.45) is 8.83. The van der Waals surface area contributed by atoms with Crippen LogP contribution in [0, 0.1) is 12.8 Å². The Balaban J connectivity index is 1.36. The van der Waals surface area contributed by atoms with Gasteiger partial charge in [-0.15, -0.1) is 11.3 Å². The van der Waals surface area contributed by atoms with E-state index in [0.29, 0.717) is 5.92 Å². The topological polar surface area (TPSA) is 82.6 Å². The summed E-state index contributed by atoms with van der Waals surface area (Å²) in [4.78, 5) is 15.6. The van der Waals surface area contributed by atoms with Crippen LogP contribution in [-0.4, -0.2) is 43.1 Å². The van der Waals surface area contributed by atoms with Gasteiger partial charge in [0.05, 0.1) is 6.20 Å². The van der Waals surface area contributed by atoms with E-state index in [0.717, 1.165) is 42.7 Å². The second-order valence-corrected chi connectivity index (χ2v) is 7.72. The molecule has 26 heavy (non-hydrogen) atoms. The number of aromatic nitrogens is 5. The van der Waals surface area contributed by atoms with E-state index in [4.69, 9.17) is 0 Å². The number of aromatic amines is 1. The molecular formula is C18H23N7S. The summed E-state index contributed by atoms with van der Waals surface area (Å²) in [7, 11) is 0. The number of thiazole rings is 1. The fourth-order valence-electron chi connectivity index (χ4n) is 3.51. The van der Waals surface area contributed by atoms with Crippen LogP contribution in [0.25, 0.3) is 0 Å². The molecule has 4 heterocycles. The molecule has 0 amide bonds. The molecule has 3 aromatic heterocycles. The highest BCUT2D eigenvalue weighted by atomic mass is 32.1. The van der Waals surface area contributed by atoms with Crippen molar-refractivity contribution in [2.75, 3.05) is 18.4 Å². The highest BCUT2D eigenvalue weighted by molar-refractivity contribution is 7.13. The molecule has 1 fully saturated rings. The zero-order valence-electron chi connectivity index (χ0n) is 14.9. The van der Waals surface area contributed by atoms with E-state index in [1.807, 2.05) is 17.6 Å². The van der Waals surface area contributed by atoms with Crippen LogP contribution in [-0.2, 0) is 13.0 Å². The molecule has 3 aromatic rings. The van der Waals surface area contributed by atoms with Crippen molar-refractivity contribution >= 4 is 22.3 Å². The predicted molar refractivity (Wildman–Crippen MR) is 102 cm³/mol. The Morgan fingerprint density at radius 3 is 3.12 bits per heavy atom. The van der Waals surface area contributed by atoms with Gasteiger partial charge in [-0.1, -0.05) is 0 Å². The Hall–Kier alpha value is -2.32. The number of likely N-dealkylation sites (tertiary alicyclic amines) is 1. The number of nitrogens with one attached hydrogen (secondary N) is 2. The monoisotopic (exact) mass is 369 g/mol. The van der Waals surface area contributed by atoms with Crippen molar-refractivity contribution in [3.8, 4) is 0 Å². The second-order valence-electron chi connectivity index (χ2n) is 6.82. The maximum Gasteiger partial charge on any atom is 0.188 e. The third kappa shape index (κ3) is 4.25. The van der Waals surface area contributed by atoms with Gasteiger partial charge in [0, 0.05) is 47.7 Å². The van der Waals surface area contributed by atoms with Gasteiger partial charge >= 0.3 is 0 Å². The van der Waals surface area contributed by atoms with E-state index in [-0.39, 0.29) is 0 Å². The minimum Gasteiger partial charge on any atom is -0.316 e. The van der Waals surface area contributed by atoms with Crippen LogP contribution in [0.1, 0.15) is 29.8 Å². The first-order valence-electron chi connectivity index (χ1n) is 8.95. The number of anilines is 2. The molecule has 1 atom stereocenters. The zero-order chi connectivity index (χ0) is 17.8. The van der Waals surface area contributed by atoms with Gasteiger partial charge in [0.1, 0.15) is 12.1 Å². The molecule has 0 bridgehead atoms. The molecule has 0 radical (unpaired) electrons. The Bertz CT molecular complexity index is 830. The lowest BCUT2D eigenvalue weighted by Gasteiger charge is -2.32. The Morgan fingerprint density at radius 2 is 2.31 bits per heavy atom. The molecule has 136 valence electrons. The van der Waals surface area contributed by atoms with Crippen LogP contribution >= 0.6 is 11.3 Å². The molecule has 1 aliphatic rings. The smallest absolute Gasteiger partial charge is 0.188 e. The molecule has 0 aromatic carbocycles. The Morgan fingerprint density at radius 1 is 1.35 bits per heavy atom. The number of hydrogen-bond donors (Lipinski definition) is 2. The molecule has 2 N–H and O–H groups in total. The summed E-state index contributed by atoms with van der Waals surface area (Å²) in [6.45, 7) is 5.31. The molecule has 0 aliphatic carbocycles. The molecular weight excluding hydrogens is 346 g/mol. The summed E-state index contributed by atoms with van der Waals surface area (Å²) in [6, 6.07) is 2.04. The van der Waals surface area contributed by atoms with Crippen molar-refractivity contribution in [1.82, 2.24) is 30.0 Å². The summed E-state index contributed by atoms with van der Waals surface area (Å²) in [5, 5.41) is 13.2. The highest BCUT2D eigenvalue weighted by Crippen LogP contribution is 2.23. The van der Waals surface area contributed by atoms with E-state index in [9.17, 15) is 0 Å². The fourth-order valence-corrected chi connectivity index (χ4v) is 4.04. The fraction of sp³-hybridized carbons (Fsp3) is 0.444. The standard InChI is InChI=1S/C18H23N7S/c1-13-15(9-22-24-13)11-25-5-2-3-14(10-25)7-16-8-17(21-12-20-16)23-18-19-4-6-26-18/h4,6,8-9,12,14H,2-3,5,7,10-11H2,1H3,(H,22,24)(H,19,20,21,23)/t14-/m1/s1. The molecule has 8 heteroatoms. The van der Waals surface area contributed by atoms with Crippen LogP contribution in [0.2, 0.25) is 0 Å². The third-order valence-corrected chi connectivity index (χ3v) is 5.51. The average molecular weight is 369 g/mol. The number of hydrogen-bond acceptors (Lipinski definition) is 7. The number of nitrogens with zero attached hydrogens (tertiary/aromatic N) is 5. The van der Waals surface area contributed by atoms with Gasteiger partial charge in [-0.2, -0.15) is 5.10 Å². The van der Waals surface area contributed by atoms with E-state index >= 15 is 0 Å². The molecule has 0 unspecified atom stereocenters. The van der Waals surface area contributed by atoms with Crippen molar-refractivity contribution in [2.45, 2.75) is 32.7 Å². The first-order valence-corrected chi connectivity index (χ1v) is 9.83. The maximum atomic E-state index is 4.48. The van der Waals surface area contributed by atoms with E-state index < -0.39 is 0 Å². The van der Waals surface area contributed by atoms with E-state index in [2.05, 4.69) is 42.3 Å². The number of aryl methyl sites for hydroxylation is 1. The summed E-state index contributed by atoms with van der Waals surface area (Å²) < 4.78 is 0. The largest absolute Gasteiger partial charge is 0.316 e. The molecule has 1 saturated heterocycles. The van der Waals surface area contributed by atoms with Gasteiger partial charge in [0.15, 0.2) is 5.13 Å². The second kappa shape index (κ2) is 7.92. The first-order chi connectivity index (χ1) is 12.8. The summed E-state index contributed by atoms with van der Waals surface area (Å²) >= 11 is 1.57. The lowest BCUT2D eigenvalue weighted by Crippen LogP contribution is -2.35. The minimum absolute atomic E-state index is 0.624. The average Bonchev–Trinajstić information content (AvgIpc) is 3.28. The van der Waals surface area contributed by atoms with Crippen LogP contribution in [0.4, 0.5) is 10.9 Å². The van der Waals surface area contributed by atoms with E-state index in [1.165, 1.54) is 24.1 Å². The quantitative estimate of drug-likeness (QED) is 0.694. The lowest BCUT2D eigenvalue weighted by atomic mass is 9.93. The van der Waals surface area contributed by atoms with Crippen molar-refractivity contribution in [1.29, 1.82) is 0 Å². The predicted octanol–water partition coefficient (Wildman–Crippen LogP) is 3.16. The lowest BCUT2D eigenvalue weighted by molar-refractivity contribution is 0.166. The van der Waals surface area contributed by atoms with Gasteiger partial charge in [-0.05, 0) is 38.6 Å². The van der Waals surface area contributed by atoms with Crippen molar-refractivity contribution in [3.05, 3.63) is 47.1 Å². The van der Waals surface area contributed by atoms with Crippen LogP contribution in [0.5, 0.6) is 0 Å². The normalized spacial score (nSPS) is 18.1. The Kier molecular flexibility index (Phi) is 5.21. The van der Waals surface area contributed by atoms with E-state index in [1.54, 1.807) is 23.9 Å². The first kappa shape index (κ1) is 17.1. The van der Waals surface area contributed by atoms with Crippen molar-refractivity contribution in [2.24, 2.45) is 5.92 Å². The third-order valence-electron chi connectivity index (χ3n) is 4.82. The van der Waals surface area contributed by atoms with Crippen molar-refractivity contribution < 1.29 is 0 Å². The van der Waals surface area contributed by atoms with Crippen LogP contribution < -0.4 is 5.32 Å². The van der Waals surface area contributed by atoms with Gasteiger partial charge in [-0.3, -0.25) is 10.00 Å². The number of H-pyrrole nitrogens is 1. The minimum atomic E-state index is 0.624. The molecule has 4 rings (SSSR count). The molecule has 0 spiro atoms. The summed E-state index contributed by atoms with van der Waals surface area (Å²) in [5.41, 5.74) is 3.55. The summed E-state index contributed by atoms with van der Waals surface area (Å²) in [5.74, 6) is 1.44. The van der Waals surface area contributed by atoms with Crippen LogP contribution in [0.15, 0.2) is 30.2 Å². The Labute approximate surface area is 156 Å². The van der Waals surface area contributed by atoms with Gasteiger partial charge in [0.2, 0.25) is 0 Å². The molecule has 7 nitrogen and oxygen atoms in total.